The second-order valence-corrected chi connectivity index (χ2v) is 5.03. The zero-order valence-corrected chi connectivity index (χ0v) is 12.1. The van der Waals surface area contributed by atoms with Crippen LogP contribution >= 0.6 is 0 Å². The molecule has 5 nitrogen and oxygen atoms in total. The first-order chi connectivity index (χ1) is 11.2. The smallest absolute Gasteiger partial charge is 0.267 e. The molecule has 0 atom stereocenters. The largest absolute Gasteiger partial charge is 0.352 e. The van der Waals surface area contributed by atoms with Crippen molar-refractivity contribution in [1.82, 2.24) is 10.5 Å². The number of hydrogen-bond donors (Lipinski definition) is 3. The van der Waals surface area contributed by atoms with E-state index in [1.165, 1.54) is 17.6 Å². The fourth-order valence-electron chi connectivity index (χ4n) is 2.34. The van der Waals surface area contributed by atoms with Crippen LogP contribution in [-0.2, 0) is 4.79 Å². The fraction of sp³-hybridized carbons (Fsp3) is 0. The second kappa shape index (κ2) is 6.29. The Morgan fingerprint density at radius 1 is 1.04 bits per heavy atom. The molecule has 5 heteroatoms. The minimum absolute atomic E-state index is 0.122. The maximum Gasteiger partial charge on any atom is 0.267 e. The Morgan fingerprint density at radius 3 is 2.65 bits per heavy atom. The maximum atomic E-state index is 12.6. The summed E-state index contributed by atoms with van der Waals surface area (Å²) in [6.45, 7) is 0. The van der Waals surface area contributed by atoms with Crippen molar-refractivity contribution in [3.8, 4) is 0 Å². The van der Waals surface area contributed by atoms with Crippen molar-refractivity contribution in [3.05, 3.63) is 77.5 Å². The molecule has 0 saturated carbocycles. The van der Waals surface area contributed by atoms with Crippen LogP contribution in [0.1, 0.15) is 21.6 Å². The van der Waals surface area contributed by atoms with Crippen LogP contribution in [0.25, 0.3) is 17.0 Å². The molecule has 0 spiro atoms. The van der Waals surface area contributed by atoms with Crippen molar-refractivity contribution in [2.75, 3.05) is 0 Å². The third kappa shape index (κ3) is 3.20. The van der Waals surface area contributed by atoms with E-state index in [2.05, 4.69) is 4.98 Å². The molecular formula is C18H14N2O3. The Balaban J connectivity index is 1.90. The number of para-hydroxylation sites is 1. The summed E-state index contributed by atoms with van der Waals surface area (Å²) in [4.78, 5) is 26.7. The number of benzene rings is 2. The number of ketones is 1. The van der Waals surface area contributed by atoms with E-state index in [0.717, 1.165) is 10.9 Å². The first kappa shape index (κ1) is 14.7. The van der Waals surface area contributed by atoms with Crippen LogP contribution in [0.5, 0.6) is 0 Å². The van der Waals surface area contributed by atoms with Gasteiger partial charge in [-0.2, -0.15) is 0 Å². The lowest BCUT2D eigenvalue weighted by molar-refractivity contribution is -0.124. The number of aromatic nitrogens is 1. The van der Waals surface area contributed by atoms with E-state index in [1.807, 2.05) is 30.3 Å². The normalized spacial score (nSPS) is 11.0. The summed E-state index contributed by atoms with van der Waals surface area (Å²) < 4.78 is 0. The summed E-state index contributed by atoms with van der Waals surface area (Å²) in [5, 5.41) is 9.44. The zero-order chi connectivity index (χ0) is 16.2. The lowest BCUT2D eigenvalue weighted by Gasteiger charge is -2.00. The van der Waals surface area contributed by atoms with Crippen LogP contribution < -0.4 is 5.48 Å². The van der Waals surface area contributed by atoms with E-state index >= 15 is 0 Å². The van der Waals surface area contributed by atoms with Crippen LogP contribution in [0.15, 0.2) is 60.7 Å². The first-order valence-electron chi connectivity index (χ1n) is 7.02. The Kier molecular flexibility index (Phi) is 4.03. The molecule has 2 aromatic carbocycles. The average Bonchev–Trinajstić information content (AvgIpc) is 3.03. The van der Waals surface area contributed by atoms with Crippen LogP contribution in [-0.4, -0.2) is 21.9 Å². The van der Waals surface area contributed by atoms with E-state index in [9.17, 15) is 9.59 Å². The van der Waals surface area contributed by atoms with Gasteiger partial charge in [0, 0.05) is 22.5 Å². The van der Waals surface area contributed by atoms with E-state index in [0.29, 0.717) is 16.8 Å². The molecule has 3 N–H and O–H groups in total. The van der Waals surface area contributed by atoms with Crippen molar-refractivity contribution in [2.24, 2.45) is 0 Å². The number of rotatable bonds is 4. The fourth-order valence-corrected chi connectivity index (χ4v) is 2.34. The third-order valence-electron chi connectivity index (χ3n) is 3.46. The van der Waals surface area contributed by atoms with E-state index < -0.39 is 5.91 Å². The Labute approximate surface area is 132 Å². The summed E-state index contributed by atoms with van der Waals surface area (Å²) in [5.74, 6) is -0.750. The maximum absolute atomic E-state index is 12.6. The van der Waals surface area contributed by atoms with E-state index in [-0.39, 0.29) is 5.78 Å². The number of hydroxylamine groups is 1. The highest BCUT2D eigenvalue weighted by Gasteiger charge is 2.12. The van der Waals surface area contributed by atoms with Gasteiger partial charge >= 0.3 is 0 Å². The third-order valence-corrected chi connectivity index (χ3v) is 3.46. The van der Waals surface area contributed by atoms with Gasteiger partial charge in [0.1, 0.15) is 0 Å². The van der Waals surface area contributed by atoms with Crippen LogP contribution in [0, 0.1) is 0 Å². The van der Waals surface area contributed by atoms with Crippen molar-refractivity contribution in [2.45, 2.75) is 0 Å². The standard InChI is InChI=1S/C18H14N2O3/c21-17(20-23)9-8-12-4-3-6-14(10-12)18(22)16-11-13-5-1-2-7-15(13)19-16/h1-11,19,23H,(H,20,21). The number of nitrogens with one attached hydrogen (secondary N) is 2. The molecule has 0 radical (unpaired) electrons. The van der Waals surface area contributed by atoms with Gasteiger partial charge in [0.15, 0.2) is 0 Å². The lowest BCUT2D eigenvalue weighted by atomic mass is 10.0. The molecule has 1 heterocycles. The lowest BCUT2D eigenvalue weighted by Crippen LogP contribution is -2.14. The Bertz CT molecular complexity index is 876. The highest BCUT2D eigenvalue weighted by atomic mass is 16.5. The molecule has 0 aliphatic carbocycles. The number of fused-ring (bicyclic) bond motifs is 1. The van der Waals surface area contributed by atoms with Crippen LogP contribution in [0.2, 0.25) is 0 Å². The molecular weight excluding hydrogens is 292 g/mol. The number of H-pyrrole nitrogens is 1. The van der Waals surface area contributed by atoms with Gasteiger partial charge in [-0.05, 0) is 29.8 Å². The average molecular weight is 306 g/mol. The molecule has 0 bridgehead atoms. The second-order valence-electron chi connectivity index (χ2n) is 5.03. The van der Waals surface area contributed by atoms with Crippen molar-refractivity contribution < 1.29 is 14.8 Å². The van der Waals surface area contributed by atoms with Crippen molar-refractivity contribution in [1.29, 1.82) is 0 Å². The molecule has 23 heavy (non-hydrogen) atoms. The van der Waals surface area contributed by atoms with E-state index in [1.54, 1.807) is 24.3 Å². The Morgan fingerprint density at radius 2 is 1.87 bits per heavy atom. The number of aromatic amines is 1. The van der Waals surface area contributed by atoms with Gasteiger partial charge in [-0.25, -0.2) is 5.48 Å². The highest BCUT2D eigenvalue weighted by molar-refractivity contribution is 6.10. The van der Waals surface area contributed by atoms with Gasteiger partial charge < -0.3 is 4.98 Å². The quantitative estimate of drug-likeness (QED) is 0.300. The summed E-state index contributed by atoms with van der Waals surface area (Å²) in [7, 11) is 0. The predicted molar refractivity (Wildman–Crippen MR) is 87.1 cm³/mol. The minimum atomic E-state index is -0.627. The van der Waals surface area contributed by atoms with Gasteiger partial charge in [-0.1, -0.05) is 36.4 Å². The molecule has 0 saturated heterocycles. The number of amides is 1. The molecule has 114 valence electrons. The summed E-state index contributed by atoms with van der Waals surface area (Å²) in [6, 6.07) is 16.4. The SMILES string of the molecule is O=C(C=Cc1cccc(C(=O)c2cc3ccccc3[nH]2)c1)NO. The molecule has 0 aliphatic heterocycles. The highest BCUT2D eigenvalue weighted by Crippen LogP contribution is 2.18. The summed E-state index contributed by atoms with van der Waals surface area (Å²) >= 11 is 0. The number of carbonyl (C=O) groups excluding carboxylic acids is 2. The van der Waals surface area contributed by atoms with Crippen LogP contribution in [0.3, 0.4) is 0 Å². The molecule has 3 aromatic rings. The summed E-state index contributed by atoms with van der Waals surface area (Å²) in [5.41, 5.74) is 4.15. The van der Waals surface area contributed by atoms with Crippen molar-refractivity contribution in [3.63, 3.8) is 0 Å². The van der Waals surface area contributed by atoms with Gasteiger partial charge in [0.05, 0.1) is 5.69 Å². The summed E-state index contributed by atoms with van der Waals surface area (Å²) in [6.07, 6.45) is 2.71. The van der Waals surface area contributed by atoms with Gasteiger partial charge in [-0.15, -0.1) is 0 Å². The number of carbonyl (C=O) groups is 2. The molecule has 0 aliphatic rings. The predicted octanol–water partition coefficient (Wildman–Crippen LogP) is 2.92. The van der Waals surface area contributed by atoms with Crippen LogP contribution in [0.4, 0.5) is 0 Å². The molecule has 1 amide bonds. The minimum Gasteiger partial charge on any atom is -0.352 e. The van der Waals surface area contributed by atoms with E-state index in [4.69, 9.17) is 5.21 Å². The molecule has 0 unspecified atom stereocenters. The van der Waals surface area contributed by atoms with Gasteiger partial charge in [0.25, 0.3) is 5.91 Å². The molecule has 3 rings (SSSR count). The monoisotopic (exact) mass is 306 g/mol. The van der Waals surface area contributed by atoms with Gasteiger partial charge in [-0.3, -0.25) is 14.8 Å². The molecule has 1 aromatic heterocycles. The number of hydrogen-bond acceptors (Lipinski definition) is 3. The zero-order valence-electron chi connectivity index (χ0n) is 12.1. The molecule has 0 fully saturated rings. The Hall–Kier alpha value is -3.18. The van der Waals surface area contributed by atoms with Crippen molar-refractivity contribution >= 4 is 28.7 Å². The topological polar surface area (TPSA) is 82.2 Å². The first-order valence-corrected chi connectivity index (χ1v) is 7.02. The van der Waals surface area contributed by atoms with Gasteiger partial charge in [0.2, 0.25) is 5.78 Å².